The van der Waals surface area contributed by atoms with Crippen molar-refractivity contribution in [2.75, 3.05) is 0 Å². The zero-order valence-corrected chi connectivity index (χ0v) is 19.8. The third-order valence-corrected chi connectivity index (χ3v) is 10.6. The van der Waals surface area contributed by atoms with Gasteiger partial charge in [-0.3, -0.25) is 14.6 Å². The molecule has 180 valence electrons. The molecule has 5 fully saturated rings. The predicted molar refractivity (Wildman–Crippen MR) is 126 cm³/mol. The van der Waals surface area contributed by atoms with Crippen LogP contribution in [0.15, 0.2) is 41.4 Å². The van der Waals surface area contributed by atoms with Gasteiger partial charge >= 0.3 is 0 Å². The van der Waals surface area contributed by atoms with Crippen molar-refractivity contribution in [1.29, 1.82) is 0 Å². The van der Waals surface area contributed by atoms with Crippen LogP contribution in [0.1, 0.15) is 51.4 Å². The molecule has 1 heterocycles. The number of pyridine rings is 1. The number of nitrogens with one attached hydrogen (secondary N) is 2. The monoisotopic (exact) mass is 482 g/mol. The largest absolute Gasteiger partial charge is 0.369 e. The maximum Gasteiger partial charge on any atom is 0.243 e. The van der Waals surface area contributed by atoms with Crippen LogP contribution < -0.4 is 15.8 Å². The van der Waals surface area contributed by atoms with Crippen molar-refractivity contribution in [2.45, 2.75) is 67.8 Å². The van der Waals surface area contributed by atoms with Gasteiger partial charge in [0.2, 0.25) is 21.8 Å². The van der Waals surface area contributed by atoms with E-state index in [9.17, 15) is 18.0 Å². The summed E-state index contributed by atoms with van der Waals surface area (Å²) >= 11 is 0. The number of nitrogens with two attached hydrogens (primary N) is 1. The van der Waals surface area contributed by atoms with Crippen LogP contribution in [0.4, 0.5) is 0 Å². The second kappa shape index (κ2) is 7.49. The summed E-state index contributed by atoms with van der Waals surface area (Å²) in [6.07, 6.45) is 7.46. The van der Waals surface area contributed by atoms with E-state index in [-0.39, 0.29) is 34.6 Å². The molecule has 5 atom stereocenters. The van der Waals surface area contributed by atoms with Gasteiger partial charge in [-0.2, -0.15) is 4.72 Å². The van der Waals surface area contributed by atoms with Gasteiger partial charge in [0.1, 0.15) is 10.4 Å². The van der Waals surface area contributed by atoms with Gasteiger partial charge < -0.3 is 11.1 Å². The summed E-state index contributed by atoms with van der Waals surface area (Å²) in [5, 5.41) is 3.95. The van der Waals surface area contributed by atoms with Crippen molar-refractivity contribution in [3.05, 3.63) is 36.5 Å². The molecule has 7 rings (SSSR count). The van der Waals surface area contributed by atoms with Gasteiger partial charge in [0.15, 0.2) is 0 Å². The zero-order chi connectivity index (χ0) is 23.7. The highest BCUT2D eigenvalue weighted by atomic mass is 32.2. The van der Waals surface area contributed by atoms with Gasteiger partial charge in [0.05, 0.1) is 10.9 Å². The number of rotatable bonds is 6. The maximum absolute atomic E-state index is 13.8. The number of amides is 2. The molecule has 0 radical (unpaired) electrons. The SMILES string of the molecule is NC(=O)C12CC3CC(C1)C(NC(=O)C1(NS(=O)(=O)c4cccc5cccnc45)CCCC1)C2C3. The van der Waals surface area contributed by atoms with Gasteiger partial charge in [0, 0.05) is 17.6 Å². The molecule has 5 unspecified atom stereocenters. The lowest BCUT2D eigenvalue weighted by molar-refractivity contribution is -0.131. The lowest BCUT2D eigenvalue weighted by Gasteiger charge is -2.36. The summed E-state index contributed by atoms with van der Waals surface area (Å²) in [5.41, 5.74) is 4.52. The van der Waals surface area contributed by atoms with E-state index >= 15 is 0 Å². The molecule has 5 aliphatic carbocycles. The van der Waals surface area contributed by atoms with Crippen LogP contribution in [-0.4, -0.2) is 36.8 Å². The lowest BCUT2D eigenvalue weighted by Crippen LogP contribution is -2.60. The fourth-order valence-corrected chi connectivity index (χ4v) is 9.28. The standard InChI is InChI=1S/C25H30N4O4S/c26-22(30)24-13-15-11-17(14-24)20(18(24)12-15)28-23(31)25(8-1-2-9-25)29-34(32,33)19-7-3-5-16-6-4-10-27-21(16)19/h3-7,10,15,17-18,20,29H,1-2,8-9,11-14H2,(H2,26,30)(H,28,31). The van der Waals surface area contributed by atoms with Crippen molar-refractivity contribution in [3.63, 3.8) is 0 Å². The van der Waals surface area contributed by atoms with Crippen molar-refractivity contribution in [3.8, 4) is 0 Å². The second-order valence-electron chi connectivity index (χ2n) is 10.9. The molecular formula is C25H30N4O4S. The van der Waals surface area contributed by atoms with Crippen LogP contribution in [0.3, 0.4) is 0 Å². The van der Waals surface area contributed by atoms with E-state index in [0.29, 0.717) is 24.3 Å². The Hall–Kier alpha value is -2.52. The summed E-state index contributed by atoms with van der Waals surface area (Å²) in [7, 11) is -4.00. The van der Waals surface area contributed by atoms with E-state index in [0.717, 1.165) is 43.9 Å². The van der Waals surface area contributed by atoms with E-state index in [2.05, 4.69) is 15.0 Å². The number of carbonyl (C=O) groups is 2. The number of nitrogens with zero attached hydrogens (tertiary/aromatic N) is 1. The quantitative estimate of drug-likeness (QED) is 0.581. The number of primary amides is 1. The molecule has 0 saturated heterocycles. The van der Waals surface area contributed by atoms with Crippen LogP contribution in [0, 0.1) is 23.2 Å². The summed E-state index contributed by atoms with van der Waals surface area (Å²) in [6, 6.07) is 8.49. The average Bonchev–Trinajstić information content (AvgIpc) is 3.44. The van der Waals surface area contributed by atoms with Crippen LogP contribution in [0.2, 0.25) is 0 Å². The van der Waals surface area contributed by atoms with E-state index in [1.807, 2.05) is 12.1 Å². The van der Waals surface area contributed by atoms with Crippen LogP contribution in [-0.2, 0) is 19.6 Å². The fraction of sp³-hybridized carbons (Fsp3) is 0.560. The minimum absolute atomic E-state index is 0.0510. The Labute approximate surface area is 199 Å². The van der Waals surface area contributed by atoms with Crippen molar-refractivity contribution < 1.29 is 18.0 Å². The Kier molecular flexibility index (Phi) is 4.84. The van der Waals surface area contributed by atoms with E-state index in [4.69, 9.17) is 5.73 Å². The number of hydrogen-bond donors (Lipinski definition) is 3. The van der Waals surface area contributed by atoms with Crippen LogP contribution in [0.25, 0.3) is 10.9 Å². The number of carbonyl (C=O) groups excluding carboxylic acids is 2. The van der Waals surface area contributed by atoms with Gasteiger partial charge in [-0.1, -0.05) is 31.0 Å². The minimum atomic E-state index is -4.00. The molecule has 5 saturated carbocycles. The number of benzene rings is 1. The van der Waals surface area contributed by atoms with Crippen molar-refractivity contribution in [2.24, 2.45) is 28.9 Å². The Morgan fingerprint density at radius 2 is 1.82 bits per heavy atom. The number of hydrogen-bond acceptors (Lipinski definition) is 5. The average molecular weight is 483 g/mol. The van der Waals surface area contributed by atoms with Gasteiger partial charge in [-0.05, 0) is 68.4 Å². The molecule has 2 amide bonds. The first-order chi connectivity index (χ1) is 16.2. The molecule has 4 bridgehead atoms. The molecule has 34 heavy (non-hydrogen) atoms. The molecule has 9 heteroatoms. The minimum Gasteiger partial charge on any atom is -0.369 e. The normalized spacial score (nSPS) is 33.4. The number of aromatic nitrogens is 1. The number of para-hydroxylation sites is 1. The molecule has 1 aromatic heterocycles. The van der Waals surface area contributed by atoms with Crippen LogP contribution in [0.5, 0.6) is 0 Å². The molecule has 4 N–H and O–H groups in total. The highest BCUT2D eigenvalue weighted by molar-refractivity contribution is 7.89. The summed E-state index contributed by atoms with van der Waals surface area (Å²) in [6.45, 7) is 0. The Morgan fingerprint density at radius 3 is 2.59 bits per heavy atom. The van der Waals surface area contributed by atoms with Crippen molar-refractivity contribution in [1.82, 2.24) is 15.0 Å². The van der Waals surface area contributed by atoms with E-state index in [1.165, 1.54) is 6.07 Å². The maximum atomic E-state index is 13.8. The molecule has 5 aliphatic rings. The summed E-state index contributed by atoms with van der Waals surface area (Å²) in [5.74, 6) is 0.257. The summed E-state index contributed by atoms with van der Waals surface area (Å²) in [4.78, 5) is 30.5. The first kappa shape index (κ1) is 22.0. The van der Waals surface area contributed by atoms with Gasteiger partial charge in [-0.15, -0.1) is 0 Å². The predicted octanol–water partition coefficient (Wildman–Crippen LogP) is 2.23. The van der Waals surface area contributed by atoms with Crippen LogP contribution >= 0.6 is 0 Å². The smallest absolute Gasteiger partial charge is 0.243 e. The first-order valence-electron chi connectivity index (χ1n) is 12.2. The van der Waals surface area contributed by atoms with Gasteiger partial charge in [0.25, 0.3) is 0 Å². The second-order valence-corrected chi connectivity index (χ2v) is 12.5. The van der Waals surface area contributed by atoms with E-state index < -0.39 is 21.0 Å². The fourth-order valence-electron chi connectivity index (χ4n) is 7.67. The molecule has 8 nitrogen and oxygen atoms in total. The number of fused-ring (bicyclic) bond motifs is 1. The van der Waals surface area contributed by atoms with E-state index in [1.54, 1.807) is 18.3 Å². The Morgan fingerprint density at radius 1 is 1.06 bits per heavy atom. The van der Waals surface area contributed by atoms with Crippen molar-refractivity contribution >= 4 is 32.7 Å². The topological polar surface area (TPSA) is 131 Å². The number of sulfonamides is 1. The molecular weight excluding hydrogens is 452 g/mol. The third-order valence-electron chi connectivity index (χ3n) is 9.05. The Bertz CT molecular complexity index is 1280. The molecule has 0 spiro atoms. The van der Waals surface area contributed by atoms with Gasteiger partial charge in [-0.25, -0.2) is 8.42 Å². The Balaban J connectivity index is 1.29. The third kappa shape index (κ3) is 3.12. The highest BCUT2D eigenvalue weighted by Gasteiger charge is 2.66. The molecule has 2 aromatic rings. The highest BCUT2D eigenvalue weighted by Crippen LogP contribution is 2.65. The lowest BCUT2D eigenvalue weighted by atomic mass is 9.75. The molecule has 0 aliphatic heterocycles. The zero-order valence-electron chi connectivity index (χ0n) is 19.0. The molecule has 1 aromatic carbocycles. The first-order valence-corrected chi connectivity index (χ1v) is 13.7. The summed E-state index contributed by atoms with van der Waals surface area (Å²) < 4.78 is 29.9.